The number of methoxy groups -OCH3 is 4. The lowest BCUT2D eigenvalue weighted by atomic mass is 9.92. The average molecular weight is 358 g/mol. The molecule has 6 nitrogen and oxygen atoms in total. The van der Waals surface area contributed by atoms with Gasteiger partial charge in [-0.15, -0.1) is 0 Å². The Bertz CT molecular complexity index is 856. The zero-order valence-electron chi connectivity index (χ0n) is 15.3. The molecule has 0 saturated heterocycles. The van der Waals surface area contributed by atoms with Crippen LogP contribution in [0, 0.1) is 0 Å². The normalized spacial score (nSPS) is 12.5. The number of benzene rings is 2. The van der Waals surface area contributed by atoms with E-state index < -0.39 is 5.97 Å². The van der Waals surface area contributed by atoms with Gasteiger partial charge in [0.2, 0.25) is 5.75 Å². The van der Waals surface area contributed by atoms with Crippen LogP contribution in [0.1, 0.15) is 27.9 Å². The SMILES string of the molecule is COC(=O)c1cc2c(cc1O)CCCc1cc(OC)c(OC)c(OC)c1-2. The molecule has 0 atom stereocenters. The van der Waals surface area contributed by atoms with Crippen molar-refractivity contribution in [2.24, 2.45) is 0 Å². The van der Waals surface area contributed by atoms with Crippen molar-refractivity contribution in [2.45, 2.75) is 19.3 Å². The Labute approximate surface area is 152 Å². The van der Waals surface area contributed by atoms with E-state index >= 15 is 0 Å². The molecule has 2 aromatic carbocycles. The highest BCUT2D eigenvalue weighted by Crippen LogP contribution is 2.49. The summed E-state index contributed by atoms with van der Waals surface area (Å²) >= 11 is 0. The van der Waals surface area contributed by atoms with Crippen LogP contribution in [0.15, 0.2) is 18.2 Å². The van der Waals surface area contributed by atoms with Gasteiger partial charge in [-0.1, -0.05) is 0 Å². The Morgan fingerprint density at radius 3 is 2.23 bits per heavy atom. The maximum Gasteiger partial charge on any atom is 0.341 e. The van der Waals surface area contributed by atoms with E-state index in [0.717, 1.165) is 41.5 Å². The lowest BCUT2D eigenvalue weighted by Gasteiger charge is -2.20. The fourth-order valence-electron chi connectivity index (χ4n) is 3.51. The number of fused-ring (bicyclic) bond motifs is 3. The van der Waals surface area contributed by atoms with Gasteiger partial charge in [-0.3, -0.25) is 0 Å². The van der Waals surface area contributed by atoms with Gasteiger partial charge in [0.15, 0.2) is 11.5 Å². The van der Waals surface area contributed by atoms with Crippen molar-refractivity contribution in [3.8, 4) is 34.1 Å². The van der Waals surface area contributed by atoms with Gasteiger partial charge in [0, 0.05) is 5.56 Å². The van der Waals surface area contributed by atoms with E-state index in [1.807, 2.05) is 6.07 Å². The summed E-state index contributed by atoms with van der Waals surface area (Å²) in [6, 6.07) is 5.23. The summed E-state index contributed by atoms with van der Waals surface area (Å²) in [4.78, 5) is 12.0. The Kier molecular flexibility index (Phi) is 4.93. The summed E-state index contributed by atoms with van der Waals surface area (Å²) in [6.45, 7) is 0. The first-order valence-corrected chi connectivity index (χ1v) is 8.32. The molecule has 26 heavy (non-hydrogen) atoms. The highest BCUT2D eigenvalue weighted by atomic mass is 16.5. The number of carbonyl (C=O) groups is 1. The molecule has 138 valence electrons. The van der Waals surface area contributed by atoms with Crippen molar-refractivity contribution in [1.29, 1.82) is 0 Å². The summed E-state index contributed by atoms with van der Waals surface area (Å²) in [5.74, 6) is 0.966. The number of phenols is 1. The van der Waals surface area contributed by atoms with Crippen LogP contribution in [0.25, 0.3) is 11.1 Å². The Morgan fingerprint density at radius 1 is 0.923 bits per heavy atom. The third-order valence-electron chi connectivity index (χ3n) is 4.70. The zero-order valence-corrected chi connectivity index (χ0v) is 15.3. The Morgan fingerprint density at radius 2 is 1.62 bits per heavy atom. The molecular weight excluding hydrogens is 336 g/mol. The Balaban J connectivity index is 2.36. The third kappa shape index (κ3) is 2.81. The van der Waals surface area contributed by atoms with Crippen LogP contribution in [0.4, 0.5) is 0 Å². The number of rotatable bonds is 4. The van der Waals surface area contributed by atoms with E-state index in [9.17, 15) is 9.90 Å². The van der Waals surface area contributed by atoms with Crippen molar-refractivity contribution in [3.05, 3.63) is 34.9 Å². The minimum atomic E-state index is -0.587. The van der Waals surface area contributed by atoms with Crippen LogP contribution in [-0.4, -0.2) is 39.5 Å². The maximum atomic E-state index is 12.0. The van der Waals surface area contributed by atoms with E-state index in [1.54, 1.807) is 33.5 Å². The standard InChI is InChI=1S/C20H22O6/c1-23-16-9-12-7-5-6-11-8-15(21)14(20(22)26-4)10-13(11)17(12)19(25-3)18(16)24-2/h8-10,21H,5-7H2,1-4H3. The van der Waals surface area contributed by atoms with Crippen molar-refractivity contribution in [2.75, 3.05) is 28.4 Å². The number of phenolic OH excluding ortho intramolecular Hbond substituents is 1. The highest BCUT2D eigenvalue weighted by Gasteiger charge is 2.27. The first-order chi connectivity index (χ1) is 12.5. The molecule has 0 unspecified atom stereocenters. The number of hydrogen-bond acceptors (Lipinski definition) is 6. The molecule has 6 heteroatoms. The number of aromatic hydroxyl groups is 1. The fraction of sp³-hybridized carbons (Fsp3) is 0.350. The molecule has 1 N–H and O–H groups in total. The monoisotopic (exact) mass is 358 g/mol. The molecule has 0 radical (unpaired) electrons. The summed E-state index contributed by atoms with van der Waals surface area (Å²) in [5.41, 5.74) is 3.78. The molecule has 3 rings (SSSR count). The number of aryl methyl sites for hydroxylation is 2. The van der Waals surface area contributed by atoms with Gasteiger partial charge < -0.3 is 24.1 Å². The predicted octanol–water partition coefficient (Wildman–Crippen LogP) is 3.36. The van der Waals surface area contributed by atoms with Gasteiger partial charge in [-0.2, -0.15) is 0 Å². The summed E-state index contributed by atoms with van der Waals surface area (Å²) < 4.78 is 21.4. The first-order valence-electron chi connectivity index (χ1n) is 8.32. The van der Waals surface area contributed by atoms with Crippen molar-refractivity contribution in [1.82, 2.24) is 0 Å². The average Bonchev–Trinajstić information content (AvgIpc) is 2.83. The quantitative estimate of drug-likeness (QED) is 0.845. The summed E-state index contributed by atoms with van der Waals surface area (Å²) in [6.07, 6.45) is 2.48. The molecule has 0 spiro atoms. The van der Waals surface area contributed by atoms with Crippen molar-refractivity contribution >= 4 is 5.97 Å². The van der Waals surface area contributed by atoms with Gasteiger partial charge in [0.05, 0.1) is 28.4 Å². The summed E-state index contributed by atoms with van der Waals surface area (Å²) in [5, 5.41) is 10.2. The molecule has 0 saturated carbocycles. The van der Waals surface area contributed by atoms with Crippen LogP contribution < -0.4 is 14.2 Å². The molecule has 0 aromatic heterocycles. The minimum Gasteiger partial charge on any atom is -0.507 e. The van der Waals surface area contributed by atoms with E-state index in [2.05, 4.69) is 0 Å². The second-order valence-corrected chi connectivity index (χ2v) is 6.05. The molecule has 0 fully saturated rings. The molecule has 2 aromatic rings. The number of carbonyl (C=O) groups excluding carboxylic acids is 1. The largest absolute Gasteiger partial charge is 0.507 e. The molecule has 0 heterocycles. The minimum absolute atomic E-state index is 0.0847. The van der Waals surface area contributed by atoms with Crippen molar-refractivity contribution < 1.29 is 28.8 Å². The smallest absolute Gasteiger partial charge is 0.341 e. The molecule has 0 aliphatic heterocycles. The Hall–Kier alpha value is -2.89. The maximum absolute atomic E-state index is 12.0. The highest BCUT2D eigenvalue weighted by molar-refractivity contribution is 5.95. The van der Waals surface area contributed by atoms with E-state index in [0.29, 0.717) is 17.2 Å². The van der Waals surface area contributed by atoms with Crippen LogP contribution in [-0.2, 0) is 17.6 Å². The second kappa shape index (κ2) is 7.15. The van der Waals surface area contributed by atoms with Gasteiger partial charge in [-0.25, -0.2) is 4.79 Å². The van der Waals surface area contributed by atoms with E-state index in [-0.39, 0.29) is 11.3 Å². The molecule has 0 amide bonds. The first kappa shape index (κ1) is 17.9. The van der Waals surface area contributed by atoms with Gasteiger partial charge in [0.25, 0.3) is 0 Å². The van der Waals surface area contributed by atoms with E-state index in [1.165, 1.54) is 7.11 Å². The van der Waals surface area contributed by atoms with Crippen LogP contribution in [0.3, 0.4) is 0 Å². The predicted molar refractivity (Wildman–Crippen MR) is 96.6 cm³/mol. The van der Waals surface area contributed by atoms with Crippen LogP contribution in [0.5, 0.6) is 23.0 Å². The lowest BCUT2D eigenvalue weighted by molar-refractivity contribution is 0.0597. The molecule has 0 bridgehead atoms. The lowest BCUT2D eigenvalue weighted by Crippen LogP contribution is -2.04. The third-order valence-corrected chi connectivity index (χ3v) is 4.70. The van der Waals surface area contributed by atoms with Gasteiger partial charge >= 0.3 is 5.97 Å². The second-order valence-electron chi connectivity index (χ2n) is 6.05. The van der Waals surface area contributed by atoms with Crippen LogP contribution >= 0.6 is 0 Å². The topological polar surface area (TPSA) is 74.2 Å². The van der Waals surface area contributed by atoms with Crippen LogP contribution in [0.2, 0.25) is 0 Å². The molecule has 1 aliphatic rings. The van der Waals surface area contributed by atoms with Crippen molar-refractivity contribution in [3.63, 3.8) is 0 Å². The number of ether oxygens (including phenoxy) is 4. The van der Waals surface area contributed by atoms with Gasteiger partial charge in [-0.05, 0) is 54.2 Å². The van der Waals surface area contributed by atoms with Gasteiger partial charge in [0.1, 0.15) is 11.3 Å². The van der Waals surface area contributed by atoms with E-state index in [4.69, 9.17) is 18.9 Å². The number of hydrogen-bond donors (Lipinski definition) is 1. The molecular formula is C20H22O6. The molecule has 1 aliphatic carbocycles. The summed E-state index contributed by atoms with van der Waals surface area (Å²) in [7, 11) is 6.00. The zero-order chi connectivity index (χ0) is 18.8. The number of esters is 1. The fourth-order valence-corrected chi connectivity index (χ4v) is 3.51.